The molecule has 0 unspecified atom stereocenters. The second-order valence-corrected chi connectivity index (χ2v) is 5.29. The molecule has 0 saturated heterocycles. The third-order valence-electron chi connectivity index (χ3n) is 3.05. The van der Waals surface area contributed by atoms with Crippen LogP contribution >= 0.6 is 11.3 Å². The van der Waals surface area contributed by atoms with Crippen molar-refractivity contribution in [3.8, 4) is 10.6 Å². The monoisotopic (exact) mass is 267 g/mol. The summed E-state index contributed by atoms with van der Waals surface area (Å²) in [5.41, 5.74) is 7.41. The molecule has 0 amide bonds. The Hall–Kier alpha value is -2.47. The zero-order chi connectivity index (χ0) is 12.8. The fraction of sp³-hybridized carbons (Fsp3) is 0. The van der Waals surface area contributed by atoms with E-state index < -0.39 is 0 Å². The number of nitrogen functional groups attached to an aromatic ring is 1. The number of hydrogen-bond acceptors (Lipinski definition) is 5. The Balaban J connectivity index is 2.04. The topological polar surface area (TPSA) is 80.5 Å². The molecule has 0 aliphatic rings. The van der Waals surface area contributed by atoms with Crippen LogP contribution in [0.1, 0.15) is 0 Å². The van der Waals surface area contributed by atoms with Crippen molar-refractivity contribution in [1.82, 2.24) is 20.2 Å². The zero-order valence-corrected chi connectivity index (χ0v) is 10.6. The number of nitrogens with one attached hydrogen (secondary N) is 1. The molecule has 3 aromatic heterocycles. The highest BCUT2D eigenvalue weighted by atomic mass is 32.1. The second kappa shape index (κ2) is 3.76. The van der Waals surface area contributed by atoms with Crippen LogP contribution in [-0.2, 0) is 0 Å². The molecule has 0 aliphatic heterocycles. The number of aromatic amines is 1. The molecule has 0 spiro atoms. The number of hydrogen-bond donors (Lipinski definition) is 2. The van der Waals surface area contributed by atoms with Crippen molar-refractivity contribution in [3.05, 3.63) is 36.7 Å². The largest absolute Gasteiger partial charge is 0.383 e. The molecule has 3 heterocycles. The molecule has 92 valence electrons. The first-order chi connectivity index (χ1) is 9.33. The first kappa shape index (κ1) is 10.5. The number of anilines is 1. The van der Waals surface area contributed by atoms with Gasteiger partial charge in [-0.25, -0.2) is 9.97 Å². The number of nitrogens with two attached hydrogens (primary N) is 1. The molecule has 0 aliphatic carbocycles. The van der Waals surface area contributed by atoms with Crippen molar-refractivity contribution in [1.29, 1.82) is 0 Å². The van der Waals surface area contributed by atoms with E-state index in [9.17, 15) is 0 Å². The van der Waals surface area contributed by atoms with E-state index in [4.69, 9.17) is 5.73 Å². The van der Waals surface area contributed by atoms with Crippen LogP contribution in [0, 0.1) is 0 Å². The van der Waals surface area contributed by atoms with Gasteiger partial charge in [0.15, 0.2) is 5.65 Å². The summed E-state index contributed by atoms with van der Waals surface area (Å²) >= 11 is 1.68. The lowest BCUT2D eigenvalue weighted by atomic mass is 10.2. The average Bonchev–Trinajstić information content (AvgIpc) is 3.02. The molecule has 4 rings (SSSR count). The van der Waals surface area contributed by atoms with E-state index in [0.29, 0.717) is 11.5 Å². The Morgan fingerprint density at radius 2 is 2.05 bits per heavy atom. The minimum Gasteiger partial charge on any atom is -0.383 e. The van der Waals surface area contributed by atoms with E-state index in [1.54, 1.807) is 11.3 Å². The van der Waals surface area contributed by atoms with Gasteiger partial charge in [-0.3, -0.25) is 5.10 Å². The van der Waals surface area contributed by atoms with Gasteiger partial charge in [0.1, 0.15) is 17.8 Å². The summed E-state index contributed by atoms with van der Waals surface area (Å²) < 4.78 is 1.23. The quantitative estimate of drug-likeness (QED) is 0.555. The molecule has 1 aromatic carbocycles. The van der Waals surface area contributed by atoms with Gasteiger partial charge in [0.2, 0.25) is 0 Å². The van der Waals surface area contributed by atoms with Crippen LogP contribution in [0.2, 0.25) is 0 Å². The van der Waals surface area contributed by atoms with Crippen LogP contribution < -0.4 is 5.73 Å². The Kier molecular flexibility index (Phi) is 2.07. The molecule has 6 heteroatoms. The SMILES string of the molecule is Nc1ncnc2[nH]nc(-c3cc4ccccc4s3)c12. The first-order valence-corrected chi connectivity index (χ1v) is 6.58. The van der Waals surface area contributed by atoms with Gasteiger partial charge in [-0.15, -0.1) is 11.3 Å². The molecule has 0 bridgehead atoms. The number of fused-ring (bicyclic) bond motifs is 2. The molecular formula is C13H9N5S. The smallest absolute Gasteiger partial charge is 0.161 e. The third-order valence-corrected chi connectivity index (χ3v) is 4.17. The Labute approximate surface area is 112 Å². The van der Waals surface area contributed by atoms with Gasteiger partial charge in [-0.1, -0.05) is 18.2 Å². The third kappa shape index (κ3) is 1.50. The first-order valence-electron chi connectivity index (χ1n) is 5.76. The fourth-order valence-electron chi connectivity index (χ4n) is 2.16. The van der Waals surface area contributed by atoms with Crippen molar-refractivity contribution in [2.75, 3.05) is 5.73 Å². The van der Waals surface area contributed by atoms with Gasteiger partial charge in [-0.2, -0.15) is 5.10 Å². The maximum Gasteiger partial charge on any atom is 0.161 e. The normalized spacial score (nSPS) is 11.4. The number of nitrogens with zero attached hydrogens (tertiary/aromatic N) is 3. The fourth-order valence-corrected chi connectivity index (χ4v) is 3.22. The molecule has 4 aromatic rings. The highest BCUT2D eigenvalue weighted by molar-refractivity contribution is 7.22. The lowest BCUT2D eigenvalue weighted by molar-refractivity contribution is 1.09. The van der Waals surface area contributed by atoms with Crippen LogP contribution in [0.4, 0.5) is 5.82 Å². The standard InChI is InChI=1S/C13H9N5S/c14-12-10-11(17-18-13(10)16-6-15-12)9-5-7-3-1-2-4-8(7)19-9/h1-6H,(H3,14,15,16,17,18). The number of H-pyrrole nitrogens is 1. The van der Waals surface area contributed by atoms with E-state index >= 15 is 0 Å². The summed E-state index contributed by atoms with van der Waals surface area (Å²) in [5.74, 6) is 0.450. The van der Waals surface area contributed by atoms with Crippen molar-refractivity contribution in [2.24, 2.45) is 0 Å². The van der Waals surface area contributed by atoms with E-state index in [1.807, 2.05) is 12.1 Å². The van der Waals surface area contributed by atoms with Crippen LogP contribution in [0.3, 0.4) is 0 Å². The van der Waals surface area contributed by atoms with Crippen molar-refractivity contribution in [3.63, 3.8) is 0 Å². The predicted molar refractivity (Wildman–Crippen MR) is 76.9 cm³/mol. The summed E-state index contributed by atoms with van der Waals surface area (Å²) in [6, 6.07) is 10.4. The summed E-state index contributed by atoms with van der Waals surface area (Å²) in [5, 5.41) is 9.21. The Morgan fingerprint density at radius 1 is 1.16 bits per heavy atom. The molecular weight excluding hydrogens is 258 g/mol. The van der Waals surface area contributed by atoms with Gasteiger partial charge in [0, 0.05) is 4.70 Å². The highest BCUT2D eigenvalue weighted by Gasteiger charge is 2.14. The van der Waals surface area contributed by atoms with Crippen molar-refractivity contribution in [2.45, 2.75) is 0 Å². The molecule has 0 atom stereocenters. The van der Waals surface area contributed by atoms with Crippen LogP contribution in [0.5, 0.6) is 0 Å². The predicted octanol–water partition coefficient (Wildman–Crippen LogP) is 2.82. The Morgan fingerprint density at radius 3 is 2.95 bits per heavy atom. The van der Waals surface area contributed by atoms with Crippen molar-refractivity contribution < 1.29 is 0 Å². The molecule has 3 N–H and O–H groups in total. The number of thiophene rings is 1. The number of benzene rings is 1. The van der Waals surface area contributed by atoms with Gasteiger partial charge in [0.05, 0.1) is 10.3 Å². The average molecular weight is 267 g/mol. The summed E-state index contributed by atoms with van der Waals surface area (Å²) in [7, 11) is 0. The van der Waals surface area contributed by atoms with Crippen LogP contribution in [0.15, 0.2) is 36.7 Å². The maximum absolute atomic E-state index is 5.93. The Bertz CT molecular complexity index is 859. The van der Waals surface area contributed by atoms with Gasteiger partial charge < -0.3 is 5.73 Å². The van der Waals surface area contributed by atoms with Gasteiger partial charge in [-0.05, 0) is 17.5 Å². The zero-order valence-electron chi connectivity index (χ0n) is 9.79. The minimum atomic E-state index is 0.450. The molecule has 5 nitrogen and oxygen atoms in total. The van der Waals surface area contributed by atoms with E-state index in [0.717, 1.165) is 16.0 Å². The lowest BCUT2D eigenvalue weighted by Gasteiger charge is -1.95. The molecule has 0 saturated carbocycles. The number of rotatable bonds is 1. The lowest BCUT2D eigenvalue weighted by Crippen LogP contribution is -1.92. The maximum atomic E-state index is 5.93. The van der Waals surface area contributed by atoms with Gasteiger partial charge >= 0.3 is 0 Å². The summed E-state index contributed by atoms with van der Waals surface area (Å²) in [4.78, 5) is 9.23. The minimum absolute atomic E-state index is 0.450. The molecule has 0 radical (unpaired) electrons. The van der Waals surface area contributed by atoms with Crippen molar-refractivity contribution >= 4 is 38.3 Å². The van der Waals surface area contributed by atoms with Crippen LogP contribution in [-0.4, -0.2) is 20.2 Å². The van der Waals surface area contributed by atoms with Crippen LogP contribution in [0.25, 0.3) is 31.7 Å². The van der Waals surface area contributed by atoms with Gasteiger partial charge in [0.25, 0.3) is 0 Å². The summed E-state index contributed by atoms with van der Waals surface area (Å²) in [6.45, 7) is 0. The van der Waals surface area contributed by atoms with E-state index in [-0.39, 0.29) is 0 Å². The molecule has 19 heavy (non-hydrogen) atoms. The van der Waals surface area contributed by atoms with E-state index in [2.05, 4.69) is 38.4 Å². The van der Waals surface area contributed by atoms with E-state index in [1.165, 1.54) is 16.4 Å². The second-order valence-electron chi connectivity index (χ2n) is 4.20. The number of aromatic nitrogens is 4. The molecule has 0 fully saturated rings. The summed E-state index contributed by atoms with van der Waals surface area (Å²) in [6.07, 6.45) is 1.44. The highest BCUT2D eigenvalue weighted by Crippen LogP contribution is 2.36.